The summed E-state index contributed by atoms with van der Waals surface area (Å²) >= 11 is 0. The molecule has 0 aliphatic rings. The lowest BCUT2D eigenvalue weighted by atomic mass is 10.0. The topological polar surface area (TPSA) is 35.9 Å². The fourth-order valence-corrected chi connectivity index (χ4v) is 2.05. The van der Waals surface area contributed by atoms with Gasteiger partial charge in [-0.3, -0.25) is 0 Å². The van der Waals surface area contributed by atoms with Crippen LogP contribution in [0.5, 0.6) is 0 Å². The number of nitrogens with one attached hydrogen (secondary N) is 2. The first-order chi connectivity index (χ1) is 9.35. The van der Waals surface area contributed by atoms with Crippen molar-refractivity contribution < 1.29 is 0 Å². The normalized spacial score (nSPS) is 10.6. The molecule has 2 heteroatoms. The number of anilines is 1. The van der Waals surface area contributed by atoms with E-state index in [4.69, 9.17) is 5.41 Å². The molecule has 96 valence electrons. The third kappa shape index (κ3) is 3.32. The van der Waals surface area contributed by atoms with E-state index in [9.17, 15) is 0 Å². The van der Waals surface area contributed by atoms with Gasteiger partial charge < -0.3 is 10.7 Å². The average Bonchev–Trinajstić information content (AvgIpc) is 2.48. The van der Waals surface area contributed by atoms with Crippen LogP contribution in [0.1, 0.15) is 5.56 Å². The van der Waals surface area contributed by atoms with Gasteiger partial charge in [0.2, 0.25) is 0 Å². The second kappa shape index (κ2) is 6.55. The van der Waals surface area contributed by atoms with Gasteiger partial charge in [-0.1, -0.05) is 48.5 Å². The minimum atomic E-state index is 0.864. The van der Waals surface area contributed by atoms with Gasteiger partial charge in [-0.15, -0.1) is 0 Å². The Morgan fingerprint density at radius 3 is 2.47 bits per heavy atom. The molecule has 0 unspecified atom stereocenters. The maximum absolute atomic E-state index is 6.94. The molecule has 0 heterocycles. The van der Waals surface area contributed by atoms with Gasteiger partial charge in [-0.05, 0) is 29.7 Å². The Kier molecular flexibility index (Phi) is 4.51. The molecule has 0 atom stereocenters. The van der Waals surface area contributed by atoms with E-state index in [0.29, 0.717) is 0 Å². The molecule has 0 saturated heterocycles. The van der Waals surface area contributed by atoms with Gasteiger partial charge in [-0.2, -0.15) is 0 Å². The van der Waals surface area contributed by atoms with Crippen molar-refractivity contribution in [1.29, 1.82) is 5.41 Å². The SMILES string of the molecule is CNc1ccccc1-c1ccc(C/C=C\C=N)cc1. The lowest BCUT2D eigenvalue weighted by molar-refractivity contribution is 1.27. The van der Waals surface area contributed by atoms with E-state index in [0.717, 1.165) is 12.1 Å². The predicted molar refractivity (Wildman–Crippen MR) is 83.1 cm³/mol. The molecular weight excluding hydrogens is 232 g/mol. The first-order valence-electron chi connectivity index (χ1n) is 6.37. The first kappa shape index (κ1) is 13.1. The van der Waals surface area contributed by atoms with Crippen molar-refractivity contribution >= 4 is 11.9 Å². The maximum Gasteiger partial charge on any atom is 0.0417 e. The van der Waals surface area contributed by atoms with Crippen LogP contribution >= 0.6 is 0 Å². The Labute approximate surface area is 114 Å². The minimum Gasteiger partial charge on any atom is -0.388 e. The smallest absolute Gasteiger partial charge is 0.0417 e. The minimum absolute atomic E-state index is 0.864. The van der Waals surface area contributed by atoms with Gasteiger partial charge in [0.1, 0.15) is 0 Å². The Morgan fingerprint density at radius 1 is 1.05 bits per heavy atom. The van der Waals surface area contributed by atoms with Gasteiger partial charge in [0, 0.05) is 24.5 Å². The molecule has 2 N–H and O–H groups in total. The highest BCUT2D eigenvalue weighted by atomic mass is 14.8. The van der Waals surface area contributed by atoms with E-state index < -0.39 is 0 Å². The fraction of sp³-hybridized carbons (Fsp3) is 0.118. The summed E-state index contributed by atoms with van der Waals surface area (Å²) in [5.74, 6) is 0. The van der Waals surface area contributed by atoms with E-state index in [-0.39, 0.29) is 0 Å². The van der Waals surface area contributed by atoms with Crippen LogP contribution < -0.4 is 5.32 Å². The van der Waals surface area contributed by atoms with Crippen LogP contribution in [0.4, 0.5) is 5.69 Å². The Hall–Kier alpha value is -2.35. The lowest BCUT2D eigenvalue weighted by Crippen LogP contribution is -1.91. The second-order valence-electron chi connectivity index (χ2n) is 4.29. The van der Waals surface area contributed by atoms with Gasteiger partial charge in [0.15, 0.2) is 0 Å². The van der Waals surface area contributed by atoms with Gasteiger partial charge in [0.05, 0.1) is 0 Å². The molecule has 2 rings (SSSR count). The molecular formula is C17H18N2. The zero-order valence-electron chi connectivity index (χ0n) is 11.1. The Bertz CT molecular complexity index is 568. The summed E-state index contributed by atoms with van der Waals surface area (Å²) in [6.07, 6.45) is 5.91. The molecule has 0 saturated carbocycles. The zero-order valence-corrected chi connectivity index (χ0v) is 11.1. The van der Waals surface area contributed by atoms with E-state index in [1.54, 1.807) is 6.08 Å². The standard InChI is InChI=1S/C17H18N2/c1-19-17-8-3-2-7-16(17)15-11-9-14(10-12-15)6-4-5-13-18/h2-5,7-13,18-19H,6H2,1H3/b5-4-,18-13?. The molecule has 0 aromatic heterocycles. The van der Waals surface area contributed by atoms with Gasteiger partial charge in [0.25, 0.3) is 0 Å². The van der Waals surface area contributed by atoms with Crippen LogP contribution in [-0.4, -0.2) is 13.3 Å². The summed E-state index contributed by atoms with van der Waals surface area (Å²) in [7, 11) is 1.94. The molecule has 0 radical (unpaired) electrons. The van der Waals surface area contributed by atoms with Crippen LogP contribution in [0.15, 0.2) is 60.7 Å². The highest BCUT2D eigenvalue weighted by molar-refractivity contribution is 5.77. The molecule has 0 bridgehead atoms. The number of hydrogen-bond donors (Lipinski definition) is 2. The first-order valence-corrected chi connectivity index (χ1v) is 6.37. The van der Waals surface area contributed by atoms with Crippen molar-refractivity contribution in [2.24, 2.45) is 0 Å². The van der Waals surface area contributed by atoms with Crippen LogP contribution in [0, 0.1) is 5.41 Å². The van der Waals surface area contributed by atoms with Crippen LogP contribution in [0.2, 0.25) is 0 Å². The van der Waals surface area contributed by atoms with E-state index in [2.05, 4.69) is 47.8 Å². The highest BCUT2D eigenvalue weighted by Gasteiger charge is 2.02. The molecule has 0 aliphatic carbocycles. The van der Waals surface area contributed by atoms with E-state index in [1.807, 2.05) is 19.2 Å². The van der Waals surface area contributed by atoms with Gasteiger partial charge in [-0.25, -0.2) is 0 Å². The third-order valence-electron chi connectivity index (χ3n) is 3.05. The Morgan fingerprint density at radius 2 is 1.79 bits per heavy atom. The summed E-state index contributed by atoms with van der Waals surface area (Å²) in [4.78, 5) is 0. The molecule has 0 aliphatic heterocycles. The van der Waals surface area contributed by atoms with Crippen LogP contribution in [0.25, 0.3) is 11.1 Å². The van der Waals surface area contributed by atoms with Crippen molar-refractivity contribution in [2.75, 3.05) is 12.4 Å². The summed E-state index contributed by atoms with van der Waals surface area (Å²) < 4.78 is 0. The molecule has 0 amide bonds. The zero-order chi connectivity index (χ0) is 13.5. The summed E-state index contributed by atoms with van der Waals surface area (Å²) in [5.41, 5.74) is 4.82. The molecule has 2 aromatic carbocycles. The monoisotopic (exact) mass is 250 g/mol. The summed E-state index contributed by atoms with van der Waals surface area (Å²) in [5, 5.41) is 10.2. The van der Waals surface area contributed by atoms with Crippen molar-refractivity contribution in [2.45, 2.75) is 6.42 Å². The molecule has 0 fully saturated rings. The second-order valence-corrected chi connectivity index (χ2v) is 4.29. The Balaban J connectivity index is 2.22. The molecule has 2 aromatic rings. The lowest BCUT2D eigenvalue weighted by Gasteiger charge is -2.09. The van der Waals surface area contributed by atoms with Crippen LogP contribution in [-0.2, 0) is 6.42 Å². The van der Waals surface area contributed by atoms with Gasteiger partial charge >= 0.3 is 0 Å². The molecule has 0 spiro atoms. The number of para-hydroxylation sites is 1. The van der Waals surface area contributed by atoms with E-state index >= 15 is 0 Å². The number of allylic oxidation sites excluding steroid dienone is 2. The molecule has 19 heavy (non-hydrogen) atoms. The number of rotatable bonds is 5. The third-order valence-corrected chi connectivity index (χ3v) is 3.05. The van der Waals surface area contributed by atoms with Crippen LogP contribution in [0.3, 0.4) is 0 Å². The fourth-order valence-electron chi connectivity index (χ4n) is 2.05. The summed E-state index contributed by atoms with van der Waals surface area (Å²) in [6, 6.07) is 16.8. The van der Waals surface area contributed by atoms with Crippen molar-refractivity contribution in [3.63, 3.8) is 0 Å². The quantitative estimate of drug-likeness (QED) is 0.768. The largest absolute Gasteiger partial charge is 0.388 e. The van der Waals surface area contributed by atoms with Crippen molar-refractivity contribution in [3.8, 4) is 11.1 Å². The van der Waals surface area contributed by atoms with Crippen molar-refractivity contribution in [1.82, 2.24) is 0 Å². The highest BCUT2D eigenvalue weighted by Crippen LogP contribution is 2.27. The predicted octanol–water partition coefficient (Wildman–Crippen LogP) is 4.14. The summed E-state index contributed by atoms with van der Waals surface area (Å²) in [6.45, 7) is 0. The van der Waals surface area contributed by atoms with E-state index in [1.165, 1.54) is 22.9 Å². The average molecular weight is 250 g/mol. The van der Waals surface area contributed by atoms with Crippen molar-refractivity contribution in [3.05, 3.63) is 66.2 Å². The maximum atomic E-state index is 6.94. The molecule has 2 nitrogen and oxygen atoms in total. The number of hydrogen-bond acceptors (Lipinski definition) is 2. The number of benzene rings is 2.